The monoisotopic (exact) mass is 301 g/mol. The van der Waals surface area contributed by atoms with Gasteiger partial charge in [0.2, 0.25) is 0 Å². The van der Waals surface area contributed by atoms with Gasteiger partial charge in [0.05, 0.1) is 6.61 Å². The molecule has 0 spiro atoms. The zero-order valence-electron chi connectivity index (χ0n) is 6.22. The number of hydrogen-bond donors (Lipinski definition) is 0. The first-order chi connectivity index (χ1) is 4.16. The third-order valence-electron chi connectivity index (χ3n) is 0.699. The number of esters is 1. The summed E-state index contributed by atoms with van der Waals surface area (Å²) in [6, 6.07) is 0. The van der Waals surface area contributed by atoms with Gasteiger partial charge in [-0.15, -0.1) is 0 Å². The molecular formula is C6H13AlO3Pr. The molecule has 1 radical (unpaired) electrons. The number of ketones is 1. The van der Waals surface area contributed by atoms with Gasteiger partial charge in [0.15, 0.2) is 17.4 Å². The second kappa shape index (κ2) is 11.0. The fourth-order valence-corrected chi connectivity index (χ4v) is 0.415. The molecule has 0 aliphatic carbocycles. The summed E-state index contributed by atoms with van der Waals surface area (Å²) >= 11 is 0. The first-order valence-corrected chi connectivity index (χ1v) is 2.82. The Labute approximate surface area is 110 Å². The summed E-state index contributed by atoms with van der Waals surface area (Å²) < 4.78 is 4.49. The second-order valence-electron chi connectivity index (χ2n) is 1.68. The number of ether oxygens (including phenoxy) is 1. The molecule has 0 N–H and O–H groups in total. The van der Waals surface area contributed by atoms with E-state index in [-0.39, 0.29) is 70.9 Å². The van der Waals surface area contributed by atoms with Gasteiger partial charge >= 0.3 is 5.97 Å². The van der Waals surface area contributed by atoms with E-state index in [9.17, 15) is 9.59 Å². The molecule has 61 valence electrons. The van der Waals surface area contributed by atoms with Gasteiger partial charge in [-0.2, -0.15) is 0 Å². The molecule has 0 heterocycles. The van der Waals surface area contributed by atoms with Crippen molar-refractivity contribution >= 4 is 29.1 Å². The summed E-state index contributed by atoms with van der Waals surface area (Å²) in [5, 5.41) is 0. The minimum Gasteiger partial charge on any atom is -0.466 e. The molecule has 3 nitrogen and oxygen atoms in total. The minimum absolute atomic E-state index is 0. The van der Waals surface area contributed by atoms with E-state index in [2.05, 4.69) is 4.74 Å². The molecule has 0 bridgehead atoms. The van der Waals surface area contributed by atoms with Crippen molar-refractivity contribution in [2.75, 3.05) is 6.61 Å². The molecule has 0 aliphatic rings. The third kappa shape index (κ3) is 14.0. The Hall–Kier alpha value is 1.04. The van der Waals surface area contributed by atoms with Crippen molar-refractivity contribution < 1.29 is 55.6 Å². The Morgan fingerprint density at radius 1 is 1.36 bits per heavy atom. The van der Waals surface area contributed by atoms with Crippen molar-refractivity contribution in [2.24, 2.45) is 0 Å². The van der Waals surface area contributed by atoms with E-state index in [1.165, 1.54) is 6.92 Å². The molecule has 0 atom stereocenters. The van der Waals surface area contributed by atoms with Crippen LogP contribution in [0, 0.1) is 41.3 Å². The van der Waals surface area contributed by atoms with Crippen molar-refractivity contribution in [1.29, 1.82) is 0 Å². The Bertz CT molecular complexity index is 127. The SMILES string of the molecule is CCOC(=O)CC(C)=O.[AlH3].[Pr]. The van der Waals surface area contributed by atoms with Crippen LogP contribution in [-0.2, 0) is 14.3 Å². The molecule has 0 unspecified atom stereocenters. The summed E-state index contributed by atoms with van der Waals surface area (Å²) in [6.07, 6.45) is -0.103. The maximum Gasteiger partial charge on any atom is 0.313 e. The molecule has 0 aliphatic heterocycles. The average Bonchev–Trinajstić information content (AvgIpc) is 1.63. The van der Waals surface area contributed by atoms with Crippen molar-refractivity contribution in [2.45, 2.75) is 20.3 Å². The Morgan fingerprint density at radius 2 is 1.82 bits per heavy atom. The van der Waals surface area contributed by atoms with Gasteiger partial charge in [-0.25, -0.2) is 0 Å². The second-order valence-corrected chi connectivity index (χ2v) is 1.68. The fraction of sp³-hybridized carbons (Fsp3) is 0.667. The normalized spacial score (nSPS) is 7.09. The summed E-state index contributed by atoms with van der Waals surface area (Å²) in [7, 11) is 0. The van der Waals surface area contributed by atoms with Gasteiger partial charge in [-0.1, -0.05) is 0 Å². The van der Waals surface area contributed by atoms with Crippen LogP contribution in [0.1, 0.15) is 20.3 Å². The van der Waals surface area contributed by atoms with Crippen LogP contribution in [0.4, 0.5) is 0 Å². The predicted octanol–water partition coefficient (Wildman–Crippen LogP) is -0.655. The van der Waals surface area contributed by atoms with Crippen LogP contribution in [0.15, 0.2) is 0 Å². The third-order valence-corrected chi connectivity index (χ3v) is 0.699. The first-order valence-electron chi connectivity index (χ1n) is 2.82. The van der Waals surface area contributed by atoms with Crippen molar-refractivity contribution in [3.05, 3.63) is 0 Å². The summed E-state index contributed by atoms with van der Waals surface area (Å²) in [5.74, 6) is -0.599. The Balaban J connectivity index is -0.000000320. The summed E-state index contributed by atoms with van der Waals surface area (Å²) in [5.41, 5.74) is 0. The molecule has 5 heteroatoms. The number of hydrogen-bond acceptors (Lipinski definition) is 3. The first kappa shape index (κ1) is 18.0. The van der Waals surface area contributed by atoms with Crippen molar-refractivity contribution in [1.82, 2.24) is 0 Å². The Kier molecular flexibility index (Phi) is 18.0. The number of carbonyl (C=O) groups excluding carboxylic acids is 2. The van der Waals surface area contributed by atoms with Crippen LogP contribution in [0.5, 0.6) is 0 Å². The quantitative estimate of drug-likeness (QED) is 0.395. The van der Waals surface area contributed by atoms with Gasteiger partial charge in [-0.3, -0.25) is 9.59 Å². The molecule has 0 amide bonds. The number of rotatable bonds is 3. The van der Waals surface area contributed by atoms with Crippen LogP contribution in [0.25, 0.3) is 0 Å². The van der Waals surface area contributed by atoms with Crippen LogP contribution in [0.3, 0.4) is 0 Å². The van der Waals surface area contributed by atoms with Gasteiger partial charge in [-0.05, 0) is 13.8 Å². The summed E-state index contributed by atoms with van der Waals surface area (Å²) in [6.45, 7) is 3.40. The van der Waals surface area contributed by atoms with Gasteiger partial charge < -0.3 is 4.74 Å². The van der Waals surface area contributed by atoms with Crippen LogP contribution in [0.2, 0.25) is 0 Å². The molecule has 11 heavy (non-hydrogen) atoms. The van der Waals surface area contributed by atoms with E-state index in [1.807, 2.05) is 0 Å². The van der Waals surface area contributed by atoms with E-state index in [1.54, 1.807) is 6.92 Å². The van der Waals surface area contributed by atoms with Crippen LogP contribution >= 0.6 is 0 Å². The van der Waals surface area contributed by atoms with Crippen molar-refractivity contribution in [3.63, 3.8) is 0 Å². The molecule has 0 fully saturated rings. The van der Waals surface area contributed by atoms with Crippen LogP contribution < -0.4 is 0 Å². The predicted molar refractivity (Wildman–Crippen MR) is 41.9 cm³/mol. The topological polar surface area (TPSA) is 43.4 Å². The van der Waals surface area contributed by atoms with E-state index >= 15 is 0 Å². The van der Waals surface area contributed by atoms with E-state index in [0.717, 1.165) is 0 Å². The Morgan fingerprint density at radius 3 is 2.09 bits per heavy atom. The van der Waals surface area contributed by atoms with E-state index in [4.69, 9.17) is 0 Å². The average molecular weight is 301 g/mol. The minimum atomic E-state index is -0.440. The van der Waals surface area contributed by atoms with Crippen LogP contribution in [-0.4, -0.2) is 35.7 Å². The maximum absolute atomic E-state index is 10.4. The number of Topliss-reactive ketones (excluding diaryl/α,β-unsaturated/α-hetero) is 1. The smallest absolute Gasteiger partial charge is 0.313 e. The zero-order valence-corrected chi connectivity index (χ0v) is 9.92. The van der Waals surface area contributed by atoms with E-state index in [0.29, 0.717) is 6.61 Å². The molecule has 0 aromatic rings. The van der Waals surface area contributed by atoms with Gasteiger partial charge in [0.1, 0.15) is 12.2 Å². The van der Waals surface area contributed by atoms with Gasteiger partial charge in [0, 0.05) is 41.3 Å². The fourth-order valence-electron chi connectivity index (χ4n) is 0.415. The molecule has 0 saturated heterocycles. The zero-order chi connectivity index (χ0) is 7.28. The largest absolute Gasteiger partial charge is 0.466 e. The standard InChI is InChI=1S/C6H10O3.Al.Pr.3H/c1-3-9-6(8)4-5(2)7;;;;;/h3-4H2,1-2H3;;;;;. The van der Waals surface area contributed by atoms with Gasteiger partial charge in [0.25, 0.3) is 0 Å². The van der Waals surface area contributed by atoms with E-state index < -0.39 is 5.97 Å². The summed E-state index contributed by atoms with van der Waals surface area (Å²) in [4.78, 5) is 20.6. The molecular weight excluding hydrogens is 288 g/mol. The number of carbonyl (C=O) groups is 2. The molecule has 0 rings (SSSR count). The molecule has 0 aromatic carbocycles. The molecule has 0 saturated carbocycles. The van der Waals surface area contributed by atoms with Crippen molar-refractivity contribution in [3.8, 4) is 0 Å². The molecule has 0 aromatic heterocycles. The maximum atomic E-state index is 10.4.